The fourth-order valence-electron chi connectivity index (χ4n) is 1.77. The normalized spacial score (nSPS) is 10.2. The molecule has 120 valence electrons. The molecule has 0 heterocycles. The molecule has 0 atom stereocenters. The predicted molar refractivity (Wildman–Crippen MR) is 88.3 cm³/mol. The van der Waals surface area contributed by atoms with Crippen molar-refractivity contribution in [2.24, 2.45) is 0 Å². The number of halogens is 2. The molecule has 0 fully saturated rings. The molecule has 2 aromatic carbocycles. The van der Waals surface area contributed by atoms with Crippen LogP contribution in [0.3, 0.4) is 0 Å². The van der Waals surface area contributed by atoms with Crippen LogP contribution in [0.5, 0.6) is 5.75 Å². The average molecular weight is 355 g/mol. The van der Waals surface area contributed by atoms with Crippen molar-refractivity contribution in [3.8, 4) is 5.75 Å². The summed E-state index contributed by atoms with van der Waals surface area (Å²) in [5.74, 6) is 0.151. The van der Waals surface area contributed by atoms with Crippen LogP contribution in [0, 0.1) is 10.1 Å². The van der Waals surface area contributed by atoms with E-state index < -0.39 is 4.92 Å². The van der Waals surface area contributed by atoms with Crippen molar-refractivity contribution in [2.45, 2.75) is 6.42 Å². The summed E-state index contributed by atoms with van der Waals surface area (Å²) in [6.45, 7) is 0.130. The third kappa shape index (κ3) is 4.84. The summed E-state index contributed by atoms with van der Waals surface area (Å²) >= 11 is 11.6. The Balaban J connectivity index is 1.89. The van der Waals surface area contributed by atoms with Crippen molar-refractivity contribution in [1.29, 1.82) is 0 Å². The first-order chi connectivity index (χ1) is 11.0. The van der Waals surface area contributed by atoms with Crippen LogP contribution in [-0.2, 0) is 4.79 Å². The van der Waals surface area contributed by atoms with E-state index >= 15 is 0 Å². The second kappa shape index (κ2) is 7.80. The molecule has 2 aromatic rings. The molecular formula is C15H12Cl2N2O4. The van der Waals surface area contributed by atoms with Crippen molar-refractivity contribution in [3.05, 3.63) is 62.6 Å². The molecule has 0 aliphatic rings. The number of amides is 1. The summed E-state index contributed by atoms with van der Waals surface area (Å²) < 4.78 is 5.40. The molecule has 0 aromatic heterocycles. The fourth-order valence-corrected chi connectivity index (χ4v) is 2.15. The Morgan fingerprint density at radius 2 is 1.91 bits per heavy atom. The van der Waals surface area contributed by atoms with Crippen LogP contribution >= 0.6 is 23.2 Å². The average Bonchev–Trinajstić information content (AvgIpc) is 2.51. The van der Waals surface area contributed by atoms with Crippen molar-refractivity contribution < 1.29 is 14.5 Å². The summed E-state index contributed by atoms with van der Waals surface area (Å²) in [6, 6.07) is 11.0. The molecule has 0 saturated heterocycles. The summed E-state index contributed by atoms with van der Waals surface area (Å²) in [7, 11) is 0. The zero-order chi connectivity index (χ0) is 16.8. The Kier molecular flexibility index (Phi) is 5.78. The molecule has 0 bridgehead atoms. The molecule has 23 heavy (non-hydrogen) atoms. The number of ether oxygens (including phenoxy) is 1. The van der Waals surface area contributed by atoms with E-state index in [1.165, 1.54) is 18.2 Å². The first-order valence-electron chi connectivity index (χ1n) is 6.58. The van der Waals surface area contributed by atoms with Gasteiger partial charge in [-0.3, -0.25) is 14.9 Å². The molecule has 0 aliphatic carbocycles. The van der Waals surface area contributed by atoms with Gasteiger partial charge in [0.2, 0.25) is 5.91 Å². The fraction of sp³-hybridized carbons (Fsp3) is 0.133. The number of carbonyl (C=O) groups is 1. The Morgan fingerprint density at radius 1 is 1.17 bits per heavy atom. The van der Waals surface area contributed by atoms with Crippen LogP contribution in [0.4, 0.5) is 11.4 Å². The molecule has 0 saturated carbocycles. The zero-order valence-corrected chi connectivity index (χ0v) is 13.3. The third-order valence-corrected chi connectivity index (χ3v) is 3.48. The second-order valence-electron chi connectivity index (χ2n) is 4.50. The van der Waals surface area contributed by atoms with Gasteiger partial charge in [-0.15, -0.1) is 0 Å². The highest BCUT2D eigenvalue weighted by Crippen LogP contribution is 2.27. The quantitative estimate of drug-likeness (QED) is 0.618. The Morgan fingerprint density at radius 3 is 2.61 bits per heavy atom. The van der Waals surface area contributed by atoms with Gasteiger partial charge < -0.3 is 10.1 Å². The minimum Gasteiger partial charge on any atom is -0.491 e. The van der Waals surface area contributed by atoms with Gasteiger partial charge in [-0.2, -0.15) is 0 Å². The number of nitrogens with one attached hydrogen (secondary N) is 1. The zero-order valence-electron chi connectivity index (χ0n) is 11.8. The van der Waals surface area contributed by atoms with Gasteiger partial charge >= 0.3 is 0 Å². The number of nitro groups is 1. The highest BCUT2D eigenvalue weighted by atomic mass is 35.5. The first-order valence-corrected chi connectivity index (χ1v) is 7.34. The summed E-state index contributed by atoms with van der Waals surface area (Å²) in [5.41, 5.74) is 0.0284. The number of nitro benzene ring substituents is 1. The van der Waals surface area contributed by atoms with Crippen molar-refractivity contribution >= 4 is 40.5 Å². The maximum Gasteiger partial charge on any atom is 0.289 e. The number of carbonyl (C=O) groups excluding carboxylic acids is 1. The van der Waals surface area contributed by atoms with E-state index in [1.54, 1.807) is 24.3 Å². The van der Waals surface area contributed by atoms with Gasteiger partial charge in [0.05, 0.1) is 23.0 Å². The number of rotatable bonds is 6. The molecule has 2 rings (SSSR count). The number of nitrogens with zero attached hydrogens (tertiary/aromatic N) is 1. The highest BCUT2D eigenvalue weighted by Gasteiger charge is 2.14. The van der Waals surface area contributed by atoms with Crippen LogP contribution in [0.2, 0.25) is 10.0 Å². The van der Waals surface area contributed by atoms with E-state index in [0.29, 0.717) is 16.5 Å². The number of benzene rings is 2. The lowest BCUT2D eigenvalue weighted by atomic mass is 10.2. The van der Waals surface area contributed by atoms with E-state index in [0.717, 1.165) is 0 Å². The number of para-hydroxylation sites is 1. The largest absolute Gasteiger partial charge is 0.491 e. The molecule has 1 amide bonds. The maximum atomic E-state index is 11.8. The summed E-state index contributed by atoms with van der Waals surface area (Å²) in [5, 5.41) is 13.8. The number of anilines is 1. The molecule has 0 spiro atoms. The van der Waals surface area contributed by atoms with Gasteiger partial charge in [0, 0.05) is 11.8 Å². The lowest BCUT2D eigenvalue weighted by Crippen LogP contribution is -2.15. The molecular weight excluding hydrogens is 343 g/mol. The minimum absolute atomic E-state index is 0.00931. The van der Waals surface area contributed by atoms with Crippen LogP contribution in [0.1, 0.15) is 6.42 Å². The molecule has 0 unspecified atom stereocenters. The van der Waals surface area contributed by atoms with Gasteiger partial charge in [-0.25, -0.2) is 0 Å². The van der Waals surface area contributed by atoms with Crippen molar-refractivity contribution in [1.82, 2.24) is 0 Å². The summed E-state index contributed by atoms with van der Waals surface area (Å²) in [4.78, 5) is 22.0. The molecule has 0 aliphatic heterocycles. The van der Waals surface area contributed by atoms with Crippen LogP contribution < -0.4 is 10.1 Å². The summed E-state index contributed by atoms with van der Waals surface area (Å²) in [6.07, 6.45) is 0.0711. The Labute approximate surface area is 142 Å². The lowest BCUT2D eigenvalue weighted by Gasteiger charge is -2.08. The highest BCUT2D eigenvalue weighted by molar-refractivity contribution is 6.32. The van der Waals surface area contributed by atoms with Crippen molar-refractivity contribution in [3.63, 3.8) is 0 Å². The van der Waals surface area contributed by atoms with Gasteiger partial charge in [-0.1, -0.05) is 35.3 Å². The Bertz CT molecular complexity index is 737. The standard InChI is InChI=1S/C15H12Cl2N2O4/c16-11-6-5-10(9-13(11)19(21)22)18-15(20)7-8-23-14-4-2-1-3-12(14)17/h1-6,9H,7-8H2,(H,18,20). The monoisotopic (exact) mass is 354 g/mol. The van der Waals surface area contributed by atoms with E-state index in [4.69, 9.17) is 27.9 Å². The third-order valence-electron chi connectivity index (χ3n) is 2.85. The predicted octanol–water partition coefficient (Wildman–Crippen LogP) is 4.31. The second-order valence-corrected chi connectivity index (χ2v) is 5.31. The molecule has 6 nitrogen and oxygen atoms in total. The smallest absolute Gasteiger partial charge is 0.289 e. The topological polar surface area (TPSA) is 81.5 Å². The van der Waals surface area contributed by atoms with E-state index in [9.17, 15) is 14.9 Å². The van der Waals surface area contributed by atoms with Crippen LogP contribution in [0.15, 0.2) is 42.5 Å². The van der Waals surface area contributed by atoms with Crippen LogP contribution in [0.25, 0.3) is 0 Å². The first kappa shape index (κ1) is 17.1. The van der Waals surface area contributed by atoms with Gasteiger partial charge in [0.25, 0.3) is 5.69 Å². The van der Waals surface area contributed by atoms with Gasteiger partial charge in [-0.05, 0) is 24.3 Å². The van der Waals surface area contributed by atoms with E-state index in [1.807, 2.05) is 0 Å². The lowest BCUT2D eigenvalue weighted by molar-refractivity contribution is -0.384. The molecule has 1 N–H and O–H groups in total. The van der Waals surface area contributed by atoms with Gasteiger partial charge in [0.1, 0.15) is 10.8 Å². The van der Waals surface area contributed by atoms with Crippen molar-refractivity contribution in [2.75, 3.05) is 11.9 Å². The number of hydrogen-bond donors (Lipinski definition) is 1. The van der Waals surface area contributed by atoms with Crippen LogP contribution in [-0.4, -0.2) is 17.4 Å². The minimum atomic E-state index is -0.613. The molecule has 8 heteroatoms. The van der Waals surface area contributed by atoms with Gasteiger partial charge in [0.15, 0.2) is 0 Å². The Hall–Kier alpha value is -2.31. The van der Waals surface area contributed by atoms with E-state index in [-0.39, 0.29) is 29.6 Å². The number of hydrogen-bond acceptors (Lipinski definition) is 4. The molecule has 0 radical (unpaired) electrons. The maximum absolute atomic E-state index is 11.8. The SMILES string of the molecule is O=C(CCOc1ccccc1Cl)Nc1ccc(Cl)c([N+](=O)[O-])c1. The van der Waals surface area contributed by atoms with E-state index in [2.05, 4.69) is 5.32 Å².